The van der Waals surface area contributed by atoms with Crippen LogP contribution in [0, 0.1) is 13.8 Å². The maximum absolute atomic E-state index is 13.9. The summed E-state index contributed by atoms with van der Waals surface area (Å²) in [4.78, 5) is 28.4. The lowest BCUT2D eigenvalue weighted by Crippen LogP contribution is -2.53. The zero-order chi connectivity index (χ0) is 27.9. The number of hydrogen-bond acceptors (Lipinski definition) is 4. The van der Waals surface area contributed by atoms with E-state index in [2.05, 4.69) is 5.32 Å². The summed E-state index contributed by atoms with van der Waals surface area (Å²) in [7, 11) is -1.20. The third-order valence-corrected chi connectivity index (χ3v) is 8.47. The van der Waals surface area contributed by atoms with Crippen molar-refractivity contribution >= 4 is 50.9 Å². The Morgan fingerprint density at radius 3 is 2.24 bits per heavy atom. The lowest BCUT2D eigenvalue weighted by molar-refractivity contribution is -0.140. The number of amides is 2. The number of nitrogens with one attached hydrogen (secondary N) is 1. The molecule has 0 heterocycles. The van der Waals surface area contributed by atoms with E-state index < -0.39 is 28.7 Å². The fourth-order valence-corrected chi connectivity index (χ4v) is 5.24. The largest absolute Gasteiger partial charge is 0.354 e. The first-order valence-electron chi connectivity index (χ1n) is 12.1. The summed E-state index contributed by atoms with van der Waals surface area (Å²) in [6.45, 7) is 7.43. The van der Waals surface area contributed by atoms with Gasteiger partial charge in [-0.25, -0.2) is 4.31 Å². The molecule has 37 heavy (non-hydrogen) atoms. The summed E-state index contributed by atoms with van der Waals surface area (Å²) in [5, 5.41) is 3.55. The highest BCUT2D eigenvalue weighted by Crippen LogP contribution is 2.27. The Labute approximate surface area is 230 Å². The Bertz CT molecular complexity index is 1220. The van der Waals surface area contributed by atoms with Crippen molar-refractivity contribution in [2.75, 3.05) is 31.5 Å². The van der Waals surface area contributed by atoms with Gasteiger partial charge < -0.3 is 10.2 Å². The van der Waals surface area contributed by atoms with Gasteiger partial charge in [0.25, 0.3) is 0 Å². The summed E-state index contributed by atoms with van der Waals surface area (Å²) in [6, 6.07) is 9.61. The second-order valence-electron chi connectivity index (χ2n) is 9.07. The molecule has 2 aromatic rings. The zero-order valence-electron chi connectivity index (χ0n) is 22.2. The van der Waals surface area contributed by atoms with Gasteiger partial charge in [0.2, 0.25) is 11.8 Å². The summed E-state index contributed by atoms with van der Waals surface area (Å²) >= 11 is 12.3. The highest BCUT2D eigenvalue weighted by Gasteiger charge is 2.34. The molecule has 0 unspecified atom stereocenters. The van der Waals surface area contributed by atoms with Crippen molar-refractivity contribution < 1.29 is 18.0 Å². The van der Waals surface area contributed by atoms with Crippen LogP contribution in [0.1, 0.15) is 43.4 Å². The summed E-state index contributed by atoms with van der Waals surface area (Å²) < 4.78 is 28.9. The molecule has 0 saturated carbocycles. The Hall–Kier alpha value is -2.33. The van der Waals surface area contributed by atoms with Gasteiger partial charge in [-0.3, -0.25) is 9.59 Å². The summed E-state index contributed by atoms with van der Waals surface area (Å²) in [5.41, 5.74) is 2.62. The van der Waals surface area contributed by atoms with Crippen molar-refractivity contribution in [1.82, 2.24) is 14.5 Å². The number of nitrogens with zero attached hydrogens (tertiary/aromatic N) is 3. The number of anilines is 1. The van der Waals surface area contributed by atoms with E-state index in [4.69, 9.17) is 23.2 Å². The minimum Gasteiger partial charge on any atom is -0.354 e. The fourth-order valence-electron chi connectivity index (χ4n) is 3.81. The van der Waals surface area contributed by atoms with E-state index in [0.29, 0.717) is 39.8 Å². The van der Waals surface area contributed by atoms with Gasteiger partial charge in [0.05, 0.1) is 15.7 Å². The molecule has 0 aliphatic rings. The van der Waals surface area contributed by atoms with E-state index in [1.54, 1.807) is 31.2 Å². The molecule has 0 aromatic heterocycles. The van der Waals surface area contributed by atoms with Crippen molar-refractivity contribution in [3.63, 3.8) is 0 Å². The van der Waals surface area contributed by atoms with Gasteiger partial charge in [-0.15, -0.1) is 0 Å². The van der Waals surface area contributed by atoms with Crippen LogP contribution in [-0.4, -0.2) is 62.7 Å². The second-order valence-corrected chi connectivity index (χ2v) is 12.0. The number of benzene rings is 2. The Balaban J connectivity index is 2.56. The van der Waals surface area contributed by atoms with Crippen molar-refractivity contribution in [3.8, 4) is 0 Å². The van der Waals surface area contributed by atoms with Gasteiger partial charge in [-0.05, 0) is 61.6 Å². The molecule has 2 aromatic carbocycles. The van der Waals surface area contributed by atoms with Crippen LogP contribution in [0.3, 0.4) is 0 Å². The molecule has 2 amide bonds. The van der Waals surface area contributed by atoms with Gasteiger partial charge in [0, 0.05) is 27.2 Å². The molecule has 0 bridgehead atoms. The molecule has 0 spiro atoms. The van der Waals surface area contributed by atoms with Crippen LogP contribution in [0.15, 0.2) is 36.4 Å². The average Bonchev–Trinajstić information content (AvgIpc) is 2.84. The molecule has 204 valence electrons. The van der Waals surface area contributed by atoms with E-state index in [0.717, 1.165) is 20.6 Å². The molecular formula is C26H36Cl2N4O4S. The number of hydrogen-bond donors (Lipinski definition) is 1. The topological polar surface area (TPSA) is 90.0 Å². The van der Waals surface area contributed by atoms with Crippen molar-refractivity contribution in [2.45, 2.75) is 53.1 Å². The molecule has 0 aliphatic carbocycles. The number of aryl methyl sites for hydroxylation is 2. The van der Waals surface area contributed by atoms with Crippen molar-refractivity contribution in [3.05, 3.63) is 63.1 Å². The second kappa shape index (κ2) is 13.5. The SMILES string of the molecule is CCCNC(=O)[C@H](CC)N(Cc1ccc(Cl)c(Cl)c1)C(=O)CN(c1cc(C)ccc1C)S(=O)(=O)N(C)C. The van der Waals surface area contributed by atoms with Crippen molar-refractivity contribution in [1.29, 1.82) is 0 Å². The quantitative estimate of drug-likeness (QED) is 0.405. The van der Waals surface area contributed by atoms with Crippen molar-refractivity contribution in [2.24, 2.45) is 0 Å². The third kappa shape index (κ3) is 7.83. The highest BCUT2D eigenvalue weighted by atomic mass is 35.5. The van der Waals surface area contributed by atoms with Crippen LogP contribution in [0.2, 0.25) is 10.0 Å². The Morgan fingerprint density at radius 1 is 1.00 bits per heavy atom. The van der Waals surface area contributed by atoms with E-state index in [1.807, 2.05) is 32.9 Å². The lowest BCUT2D eigenvalue weighted by Gasteiger charge is -2.34. The Morgan fingerprint density at radius 2 is 1.68 bits per heavy atom. The standard InChI is InChI=1S/C26H36Cl2N4O4S/c1-7-13-29-26(34)23(8-2)31(16-20-11-12-21(27)22(28)15-20)25(33)17-32(37(35,36)30(5)6)24-14-18(3)9-10-19(24)4/h9-12,14-15,23H,7-8,13,16-17H2,1-6H3,(H,29,34)/t23-/m0/s1. The maximum Gasteiger partial charge on any atom is 0.304 e. The minimum absolute atomic E-state index is 0.0520. The maximum atomic E-state index is 13.9. The number of carbonyl (C=O) groups excluding carboxylic acids is 2. The molecule has 2 rings (SSSR count). The van der Waals surface area contributed by atoms with Crippen LogP contribution < -0.4 is 9.62 Å². The number of carbonyl (C=O) groups is 2. The molecule has 8 nitrogen and oxygen atoms in total. The first-order valence-corrected chi connectivity index (χ1v) is 14.3. The molecule has 0 fully saturated rings. The van der Waals surface area contributed by atoms with Gasteiger partial charge in [0.15, 0.2) is 0 Å². The summed E-state index contributed by atoms with van der Waals surface area (Å²) in [5.74, 6) is -0.817. The average molecular weight is 572 g/mol. The van der Waals surface area contributed by atoms with Crippen LogP contribution in [0.5, 0.6) is 0 Å². The van der Waals surface area contributed by atoms with Gasteiger partial charge in [-0.1, -0.05) is 55.2 Å². The first kappa shape index (κ1) is 30.9. The normalized spacial score (nSPS) is 12.4. The summed E-state index contributed by atoms with van der Waals surface area (Å²) in [6.07, 6.45) is 1.08. The van der Waals surface area contributed by atoms with Crippen LogP contribution in [-0.2, 0) is 26.3 Å². The smallest absolute Gasteiger partial charge is 0.304 e. The molecule has 0 radical (unpaired) electrons. The molecule has 1 atom stereocenters. The van der Waals surface area contributed by atoms with E-state index in [1.165, 1.54) is 19.0 Å². The number of halogens is 2. The lowest BCUT2D eigenvalue weighted by atomic mass is 10.1. The third-order valence-electron chi connectivity index (χ3n) is 5.92. The van der Waals surface area contributed by atoms with Gasteiger partial charge in [-0.2, -0.15) is 12.7 Å². The minimum atomic E-state index is -4.03. The first-order chi connectivity index (χ1) is 17.3. The van der Waals surface area contributed by atoms with E-state index in [-0.39, 0.29) is 12.5 Å². The molecule has 0 saturated heterocycles. The molecule has 11 heteroatoms. The van der Waals surface area contributed by atoms with Crippen LogP contribution in [0.4, 0.5) is 5.69 Å². The van der Waals surface area contributed by atoms with E-state index >= 15 is 0 Å². The van der Waals surface area contributed by atoms with Crippen LogP contribution >= 0.6 is 23.2 Å². The number of rotatable bonds is 12. The predicted octanol–water partition coefficient (Wildman–Crippen LogP) is 4.56. The van der Waals surface area contributed by atoms with Crippen LogP contribution in [0.25, 0.3) is 0 Å². The Kier molecular flexibility index (Phi) is 11.2. The van der Waals surface area contributed by atoms with Gasteiger partial charge in [0.1, 0.15) is 12.6 Å². The monoisotopic (exact) mass is 570 g/mol. The van der Waals surface area contributed by atoms with Gasteiger partial charge >= 0.3 is 10.2 Å². The highest BCUT2D eigenvalue weighted by molar-refractivity contribution is 7.90. The predicted molar refractivity (Wildman–Crippen MR) is 150 cm³/mol. The molecule has 0 aliphatic heterocycles. The fraction of sp³-hybridized carbons (Fsp3) is 0.462. The molecular weight excluding hydrogens is 535 g/mol. The molecule has 1 N–H and O–H groups in total. The zero-order valence-corrected chi connectivity index (χ0v) is 24.5. The van der Waals surface area contributed by atoms with E-state index in [9.17, 15) is 18.0 Å².